The van der Waals surface area contributed by atoms with Crippen LogP contribution in [0.1, 0.15) is 35.1 Å². The van der Waals surface area contributed by atoms with E-state index in [9.17, 15) is 0 Å². The average Bonchev–Trinajstić information content (AvgIpc) is 2.68. The fraction of sp³-hybridized carbons (Fsp3) is 0.667. The van der Waals surface area contributed by atoms with E-state index in [4.69, 9.17) is 5.73 Å². The Morgan fingerprint density at radius 2 is 2.18 bits per heavy atom. The van der Waals surface area contributed by atoms with E-state index in [1.54, 1.807) is 0 Å². The summed E-state index contributed by atoms with van der Waals surface area (Å²) in [6.07, 6.45) is 3.93. The van der Waals surface area contributed by atoms with Crippen LogP contribution in [0, 0.1) is 6.92 Å². The summed E-state index contributed by atoms with van der Waals surface area (Å²) in [5, 5.41) is 2.32. The highest BCUT2D eigenvalue weighted by Gasteiger charge is 2.18. The van der Waals surface area contributed by atoms with Crippen LogP contribution in [0.4, 0.5) is 0 Å². The van der Waals surface area contributed by atoms with E-state index in [1.807, 2.05) is 11.3 Å². The fourth-order valence-corrected chi connectivity index (χ4v) is 3.75. The second-order valence-corrected chi connectivity index (χ2v) is 6.66. The summed E-state index contributed by atoms with van der Waals surface area (Å²) in [4.78, 5) is 2.64. The largest absolute Gasteiger partial charge is 0.329 e. The quantitative estimate of drug-likeness (QED) is 0.897. The predicted molar refractivity (Wildman–Crippen MR) is 77.1 cm³/mol. The van der Waals surface area contributed by atoms with Gasteiger partial charge in [-0.2, -0.15) is 0 Å². The number of nitrogens with zero attached hydrogens (tertiary/aromatic N) is 1. The van der Waals surface area contributed by atoms with Gasteiger partial charge in [-0.25, -0.2) is 10.4 Å². The van der Waals surface area contributed by atoms with Crippen LogP contribution in [-0.2, 0) is 0 Å². The number of nitrogens with two attached hydrogens (primary N) is 1. The predicted octanol–water partition coefficient (Wildman–Crippen LogP) is 2.81. The molecule has 0 saturated carbocycles. The zero-order valence-electron chi connectivity index (χ0n) is 10.2. The molecule has 1 aliphatic rings. The summed E-state index contributed by atoms with van der Waals surface area (Å²) in [7, 11) is 0. The van der Waals surface area contributed by atoms with Crippen molar-refractivity contribution >= 4 is 27.3 Å². The van der Waals surface area contributed by atoms with Gasteiger partial charge in [-0.15, -0.1) is 11.3 Å². The molecule has 1 aliphatic heterocycles. The molecule has 1 aromatic heterocycles. The Morgan fingerprint density at radius 1 is 1.47 bits per heavy atom. The van der Waals surface area contributed by atoms with Crippen molar-refractivity contribution in [2.75, 3.05) is 19.6 Å². The molecule has 3 N–H and O–H groups in total. The number of hydrogen-bond acceptors (Lipinski definition) is 4. The Kier molecular flexibility index (Phi) is 4.99. The zero-order chi connectivity index (χ0) is 12.3. The van der Waals surface area contributed by atoms with Crippen LogP contribution in [0.3, 0.4) is 0 Å². The minimum Gasteiger partial charge on any atom is -0.329 e. The second-order valence-electron chi connectivity index (χ2n) is 4.52. The first-order valence-electron chi connectivity index (χ1n) is 6.17. The van der Waals surface area contributed by atoms with Gasteiger partial charge in [0.25, 0.3) is 0 Å². The highest BCUT2D eigenvalue weighted by Crippen LogP contribution is 2.30. The smallest absolute Gasteiger partial charge is 0.0680 e. The van der Waals surface area contributed by atoms with Gasteiger partial charge in [0.1, 0.15) is 0 Å². The van der Waals surface area contributed by atoms with Crippen molar-refractivity contribution in [2.45, 2.75) is 32.2 Å². The summed E-state index contributed by atoms with van der Waals surface area (Å²) < 4.78 is 1.19. The molecule has 1 unspecified atom stereocenters. The molecule has 2 heterocycles. The van der Waals surface area contributed by atoms with E-state index >= 15 is 0 Å². The van der Waals surface area contributed by atoms with E-state index in [0.717, 1.165) is 13.1 Å². The highest BCUT2D eigenvalue weighted by molar-refractivity contribution is 9.10. The molecule has 1 aromatic rings. The van der Waals surface area contributed by atoms with Crippen LogP contribution in [0.5, 0.6) is 0 Å². The monoisotopic (exact) mass is 317 g/mol. The van der Waals surface area contributed by atoms with Crippen molar-refractivity contribution in [3.05, 3.63) is 20.3 Å². The number of aryl methyl sites for hydroxylation is 1. The molecule has 2 rings (SSSR count). The first-order valence-corrected chi connectivity index (χ1v) is 7.78. The van der Waals surface area contributed by atoms with Gasteiger partial charge in [0.2, 0.25) is 0 Å². The minimum absolute atomic E-state index is 0.253. The Labute approximate surface area is 115 Å². The molecular formula is C12H20BrN3S. The molecule has 0 radical (unpaired) electrons. The number of rotatable bonds is 4. The van der Waals surface area contributed by atoms with Gasteiger partial charge < -0.3 is 5.73 Å². The Balaban J connectivity index is 2.00. The van der Waals surface area contributed by atoms with Crippen molar-refractivity contribution in [2.24, 2.45) is 5.73 Å². The SMILES string of the molecule is Cc1sc(C(CN)NN2CCCCC2)cc1Br. The summed E-state index contributed by atoms with van der Waals surface area (Å²) in [6, 6.07) is 2.44. The fourth-order valence-electron chi connectivity index (χ4n) is 2.13. The maximum absolute atomic E-state index is 5.88. The molecular weight excluding hydrogens is 298 g/mol. The van der Waals surface area contributed by atoms with Gasteiger partial charge in [0.15, 0.2) is 0 Å². The molecule has 5 heteroatoms. The Morgan fingerprint density at radius 3 is 2.71 bits per heavy atom. The average molecular weight is 318 g/mol. The molecule has 0 aliphatic carbocycles. The topological polar surface area (TPSA) is 41.3 Å². The summed E-state index contributed by atoms with van der Waals surface area (Å²) in [6.45, 7) is 5.06. The molecule has 0 spiro atoms. The van der Waals surface area contributed by atoms with Gasteiger partial charge in [0.05, 0.1) is 6.04 Å². The van der Waals surface area contributed by atoms with Gasteiger partial charge in [0, 0.05) is 33.9 Å². The van der Waals surface area contributed by atoms with Crippen LogP contribution in [-0.4, -0.2) is 24.6 Å². The highest BCUT2D eigenvalue weighted by atomic mass is 79.9. The molecule has 3 nitrogen and oxygen atoms in total. The lowest BCUT2D eigenvalue weighted by molar-refractivity contribution is 0.131. The maximum atomic E-state index is 5.88. The van der Waals surface area contributed by atoms with Crippen molar-refractivity contribution in [3.63, 3.8) is 0 Å². The molecule has 1 saturated heterocycles. The Bertz CT molecular complexity index is 341. The summed E-state index contributed by atoms with van der Waals surface area (Å²) in [5.41, 5.74) is 9.44. The third kappa shape index (κ3) is 3.51. The van der Waals surface area contributed by atoms with Gasteiger partial charge in [-0.3, -0.25) is 0 Å². The molecule has 0 bridgehead atoms. The molecule has 1 fully saturated rings. The molecule has 1 atom stereocenters. The number of nitrogens with one attached hydrogen (secondary N) is 1. The van der Waals surface area contributed by atoms with Gasteiger partial charge >= 0.3 is 0 Å². The van der Waals surface area contributed by atoms with E-state index in [2.05, 4.69) is 39.4 Å². The standard InChI is InChI=1S/C12H20BrN3S/c1-9-10(13)7-12(17-9)11(8-14)15-16-5-3-2-4-6-16/h7,11,15H,2-6,8,14H2,1H3. The normalized spacial score (nSPS) is 19.5. The molecule has 96 valence electrons. The van der Waals surface area contributed by atoms with Gasteiger partial charge in [-0.05, 0) is 41.8 Å². The minimum atomic E-state index is 0.253. The number of thiophene rings is 1. The van der Waals surface area contributed by atoms with Crippen molar-refractivity contribution in [1.82, 2.24) is 10.4 Å². The lowest BCUT2D eigenvalue weighted by Gasteiger charge is -2.30. The molecule has 0 aromatic carbocycles. The van der Waals surface area contributed by atoms with Gasteiger partial charge in [-0.1, -0.05) is 6.42 Å². The maximum Gasteiger partial charge on any atom is 0.0680 e. The number of hydrazine groups is 1. The number of piperidine rings is 1. The van der Waals surface area contributed by atoms with E-state index in [0.29, 0.717) is 6.54 Å². The van der Waals surface area contributed by atoms with Crippen LogP contribution in [0.15, 0.2) is 10.5 Å². The van der Waals surface area contributed by atoms with Crippen LogP contribution < -0.4 is 11.2 Å². The first kappa shape index (κ1) is 13.5. The van der Waals surface area contributed by atoms with Crippen LogP contribution in [0.25, 0.3) is 0 Å². The Hall–Kier alpha value is 0.0600. The lowest BCUT2D eigenvalue weighted by atomic mass is 10.1. The zero-order valence-corrected chi connectivity index (χ0v) is 12.6. The summed E-state index contributed by atoms with van der Waals surface area (Å²) >= 11 is 5.39. The van der Waals surface area contributed by atoms with E-state index in [1.165, 1.54) is 33.5 Å². The summed E-state index contributed by atoms with van der Waals surface area (Å²) in [5.74, 6) is 0. The molecule has 0 amide bonds. The van der Waals surface area contributed by atoms with Crippen LogP contribution >= 0.6 is 27.3 Å². The van der Waals surface area contributed by atoms with Crippen molar-refractivity contribution in [3.8, 4) is 0 Å². The van der Waals surface area contributed by atoms with Crippen LogP contribution in [0.2, 0.25) is 0 Å². The number of hydrogen-bond donors (Lipinski definition) is 2. The third-order valence-corrected chi connectivity index (χ3v) is 5.40. The van der Waals surface area contributed by atoms with E-state index < -0.39 is 0 Å². The molecule has 17 heavy (non-hydrogen) atoms. The van der Waals surface area contributed by atoms with E-state index in [-0.39, 0.29) is 6.04 Å². The first-order chi connectivity index (χ1) is 8.20. The van der Waals surface area contributed by atoms with Crippen molar-refractivity contribution < 1.29 is 0 Å². The lowest BCUT2D eigenvalue weighted by Crippen LogP contribution is -2.45. The van der Waals surface area contributed by atoms with Crippen molar-refractivity contribution in [1.29, 1.82) is 0 Å². The third-order valence-electron chi connectivity index (χ3n) is 3.15. The number of halogens is 1. The second kappa shape index (κ2) is 6.29.